The van der Waals surface area contributed by atoms with Crippen LogP contribution in [0.15, 0.2) is 53.4 Å². The minimum atomic E-state index is -0.236. The van der Waals surface area contributed by atoms with Crippen LogP contribution >= 0.6 is 46.3 Å². The molecule has 0 aliphatic heterocycles. The zero-order valence-electron chi connectivity index (χ0n) is 12.2. The number of carbonyl (C=O) groups is 1. The van der Waals surface area contributed by atoms with Crippen molar-refractivity contribution in [3.05, 3.63) is 69.1 Å². The third-order valence-corrected chi connectivity index (χ3v) is 5.52. The number of hydrogen-bond donors (Lipinski definition) is 1. The number of aromatic nitrogens is 2. The first-order valence-electron chi connectivity index (χ1n) is 6.88. The van der Waals surface area contributed by atoms with Gasteiger partial charge in [-0.25, -0.2) is 0 Å². The topological polar surface area (TPSA) is 54.9 Å². The van der Waals surface area contributed by atoms with Crippen molar-refractivity contribution < 1.29 is 4.79 Å². The number of hydrogen-bond acceptors (Lipinski definition) is 5. The molecule has 1 amide bonds. The summed E-state index contributed by atoms with van der Waals surface area (Å²) in [6.07, 6.45) is 0. The van der Waals surface area contributed by atoms with Gasteiger partial charge in [-0.15, -0.1) is 22.0 Å². The molecule has 4 nitrogen and oxygen atoms in total. The van der Waals surface area contributed by atoms with Crippen LogP contribution in [0.2, 0.25) is 10.0 Å². The van der Waals surface area contributed by atoms with Crippen LogP contribution < -0.4 is 5.32 Å². The highest BCUT2D eigenvalue weighted by Gasteiger charge is 2.10. The van der Waals surface area contributed by atoms with Crippen molar-refractivity contribution >= 4 is 57.3 Å². The average molecular weight is 396 g/mol. The number of carbonyl (C=O) groups excluding carboxylic acids is 1. The summed E-state index contributed by atoms with van der Waals surface area (Å²) in [5.74, 6) is 0.440. The summed E-state index contributed by atoms with van der Waals surface area (Å²) >= 11 is 14.7. The molecule has 8 heteroatoms. The van der Waals surface area contributed by atoms with Gasteiger partial charge in [0.15, 0.2) is 0 Å². The van der Waals surface area contributed by atoms with E-state index in [0.717, 1.165) is 9.90 Å². The molecule has 1 N–H and O–H groups in total. The normalized spacial score (nSPS) is 10.6. The molecule has 0 bridgehead atoms. The first-order chi connectivity index (χ1) is 11.6. The summed E-state index contributed by atoms with van der Waals surface area (Å²) in [5.41, 5.74) is 0.520. The van der Waals surface area contributed by atoms with E-state index in [1.165, 1.54) is 11.3 Å². The van der Waals surface area contributed by atoms with Gasteiger partial charge in [-0.3, -0.25) is 10.1 Å². The van der Waals surface area contributed by atoms with Gasteiger partial charge in [-0.1, -0.05) is 34.5 Å². The minimum absolute atomic E-state index is 0.236. The lowest BCUT2D eigenvalue weighted by molar-refractivity contribution is 0.102. The van der Waals surface area contributed by atoms with E-state index in [0.29, 0.717) is 26.5 Å². The highest BCUT2D eigenvalue weighted by molar-refractivity contribution is 7.98. The molecule has 3 aromatic rings. The van der Waals surface area contributed by atoms with Crippen LogP contribution in [0.5, 0.6) is 0 Å². The number of benzene rings is 2. The molecule has 0 aliphatic carbocycles. The summed E-state index contributed by atoms with van der Waals surface area (Å²) in [6.45, 7) is 0. The van der Waals surface area contributed by atoms with Gasteiger partial charge in [-0.05, 0) is 48.5 Å². The molecule has 0 unspecified atom stereocenters. The Kier molecular flexibility index (Phi) is 5.73. The maximum absolute atomic E-state index is 12.1. The standard InChI is InChI=1S/C16H11Cl2N3OS2/c17-11-3-1-10(2-4-11)15(22)19-16-21-20-14(24-16)9-23-13-7-5-12(18)6-8-13/h1-8H,9H2,(H,19,21,22). The van der Waals surface area contributed by atoms with E-state index >= 15 is 0 Å². The quantitative estimate of drug-likeness (QED) is 0.588. The zero-order valence-corrected chi connectivity index (χ0v) is 15.3. The number of thioether (sulfide) groups is 1. The summed E-state index contributed by atoms with van der Waals surface area (Å²) in [7, 11) is 0. The lowest BCUT2D eigenvalue weighted by Crippen LogP contribution is -2.11. The van der Waals surface area contributed by atoms with Crippen molar-refractivity contribution in [3.8, 4) is 0 Å². The molecule has 0 aliphatic rings. The number of halogens is 2. The van der Waals surface area contributed by atoms with Gasteiger partial charge in [0.05, 0.1) is 5.75 Å². The fourth-order valence-electron chi connectivity index (χ4n) is 1.81. The van der Waals surface area contributed by atoms with E-state index in [2.05, 4.69) is 15.5 Å². The maximum atomic E-state index is 12.1. The molecule has 2 aromatic carbocycles. The fraction of sp³-hybridized carbons (Fsp3) is 0.0625. The summed E-state index contributed by atoms with van der Waals surface area (Å²) in [4.78, 5) is 13.2. The summed E-state index contributed by atoms with van der Waals surface area (Å²) in [6, 6.07) is 14.3. The fourth-order valence-corrected chi connectivity index (χ4v) is 3.68. The Bertz CT molecular complexity index is 835. The molecule has 0 saturated carbocycles. The van der Waals surface area contributed by atoms with Gasteiger partial charge in [0.1, 0.15) is 5.01 Å². The second kappa shape index (κ2) is 7.98. The second-order valence-electron chi connectivity index (χ2n) is 4.70. The van der Waals surface area contributed by atoms with Gasteiger partial charge < -0.3 is 0 Å². The number of rotatable bonds is 5. The van der Waals surface area contributed by atoms with E-state index in [9.17, 15) is 4.79 Å². The van der Waals surface area contributed by atoms with Gasteiger partial charge in [-0.2, -0.15) is 0 Å². The van der Waals surface area contributed by atoms with Crippen LogP contribution in [0.1, 0.15) is 15.4 Å². The van der Waals surface area contributed by atoms with E-state index in [-0.39, 0.29) is 5.91 Å². The van der Waals surface area contributed by atoms with E-state index in [1.807, 2.05) is 24.3 Å². The molecule has 1 aromatic heterocycles. The molecule has 1 heterocycles. The van der Waals surface area contributed by atoms with Crippen molar-refractivity contribution in [2.45, 2.75) is 10.6 Å². The Hall–Kier alpha value is -1.60. The Labute approximate surface area is 157 Å². The average Bonchev–Trinajstić information content (AvgIpc) is 3.02. The number of anilines is 1. The molecule has 0 radical (unpaired) electrons. The minimum Gasteiger partial charge on any atom is -0.296 e. The molecule has 0 spiro atoms. The lowest BCUT2D eigenvalue weighted by Gasteiger charge is -2.00. The summed E-state index contributed by atoms with van der Waals surface area (Å²) in [5, 5.41) is 13.4. The van der Waals surface area contributed by atoms with E-state index in [1.54, 1.807) is 36.0 Å². The SMILES string of the molecule is O=C(Nc1nnc(CSc2ccc(Cl)cc2)s1)c1ccc(Cl)cc1. The molecule has 0 fully saturated rings. The van der Waals surface area contributed by atoms with Crippen LogP contribution in [0.3, 0.4) is 0 Å². The molecule has 0 atom stereocenters. The first-order valence-corrected chi connectivity index (χ1v) is 9.43. The van der Waals surface area contributed by atoms with Gasteiger partial charge in [0.25, 0.3) is 5.91 Å². The second-order valence-corrected chi connectivity index (χ2v) is 7.69. The van der Waals surface area contributed by atoms with Gasteiger partial charge in [0, 0.05) is 20.5 Å². The summed E-state index contributed by atoms with van der Waals surface area (Å²) < 4.78 is 0. The first kappa shape index (κ1) is 17.2. The van der Waals surface area contributed by atoms with Crippen LogP contribution in [0.25, 0.3) is 0 Å². The predicted octanol–water partition coefficient (Wildman–Crippen LogP) is 5.39. The molecule has 122 valence electrons. The van der Waals surface area contributed by atoms with Crippen LogP contribution in [-0.2, 0) is 5.75 Å². The number of nitrogens with zero attached hydrogens (tertiary/aromatic N) is 2. The Morgan fingerprint density at radius 2 is 1.62 bits per heavy atom. The lowest BCUT2D eigenvalue weighted by atomic mass is 10.2. The van der Waals surface area contributed by atoms with Crippen LogP contribution in [0.4, 0.5) is 5.13 Å². The van der Waals surface area contributed by atoms with Crippen molar-refractivity contribution in [2.24, 2.45) is 0 Å². The van der Waals surface area contributed by atoms with Crippen LogP contribution in [-0.4, -0.2) is 16.1 Å². The van der Waals surface area contributed by atoms with Crippen molar-refractivity contribution in [1.29, 1.82) is 0 Å². The maximum Gasteiger partial charge on any atom is 0.257 e. The van der Waals surface area contributed by atoms with E-state index in [4.69, 9.17) is 23.2 Å². The smallest absolute Gasteiger partial charge is 0.257 e. The highest BCUT2D eigenvalue weighted by atomic mass is 35.5. The highest BCUT2D eigenvalue weighted by Crippen LogP contribution is 2.27. The molecule has 3 rings (SSSR count). The third kappa shape index (κ3) is 4.70. The van der Waals surface area contributed by atoms with Gasteiger partial charge in [0.2, 0.25) is 5.13 Å². The largest absolute Gasteiger partial charge is 0.296 e. The van der Waals surface area contributed by atoms with E-state index < -0.39 is 0 Å². The Morgan fingerprint density at radius 3 is 2.29 bits per heavy atom. The Morgan fingerprint density at radius 1 is 1.00 bits per heavy atom. The molecule has 24 heavy (non-hydrogen) atoms. The molecular formula is C16H11Cl2N3OS2. The monoisotopic (exact) mass is 395 g/mol. The van der Waals surface area contributed by atoms with Crippen molar-refractivity contribution in [3.63, 3.8) is 0 Å². The predicted molar refractivity (Wildman–Crippen MR) is 100 cm³/mol. The third-order valence-electron chi connectivity index (χ3n) is 2.97. The number of amides is 1. The number of nitrogens with one attached hydrogen (secondary N) is 1. The zero-order chi connectivity index (χ0) is 16.9. The van der Waals surface area contributed by atoms with Gasteiger partial charge >= 0.3 is 0 Å². The molecular weight excluding hydrogens is 385 g/mol. The molecule has 0 saturated heterocycles. The Balaban J connectivity index is 1.58. The van der Waals surface area contributed by atoms with Crippen molar-refractivity contribution in [1.82, 2.24) is 10.2 Å². The van der Waals surface area contributed by atoms with Crippen molar-refractivity contribution in [2.75, 3.05) is 5.32 Å². The van der Waals surface area contributed by atoms with Crippen LogP contribution in [0, 0.1) is 0 Å².